The van der Waals surface area contributed by atoms with Gasteiger partial charge in [-0.3, -0.25) is 0 Å². The van der Waals surface area contributed by atoms with Crippen LogP contribution in [0.3, 0.4) is 0 Å². The number of hydrogen-bond acceptors (Lipinski definition) is 2. The van der Waals surface area contributed by atoms with Gasteiger partial charge >= 0.3 is 0 Å². The van der Waals surface area contributed by atoms with Crippen molar-refractivity contribution in [3.63, 3.8) is 0 Å². The molecule has 0 aliphatic heterocycles. The van der Waals surface area contributed by atoms with Gasteiger partial charge in [0.15, 0.2) is 0 Å². The Bertz CT molecular complexity index is 316. The van der Waals surface area contributed by atoms with E-state index in [-0.39, 0.29) is 0 Å². The summed E-state index contributed by atoms with van der Waals surface area (Å²) >= 11 is 13.8. The van der Waals surface area contributed by atoms with Gasteiger partial charge in [0.25, 0.3) is 0 Å². The van der Waals surface area contributed by atoms with Crippen LogP contribution in [0, 0.1) is 9.49 Å². The van der Waals surface area contributed by atoms with Crippen LogP contribution in [-0.4, -0.2) is 9.97 Å². The highest BCUT2D eigenvalue weighted by Crippen LogP contribution is 2.32. The van der Waals surface area contributed by atoms with Gasteiger partial charge in [0.1, 0.15) is 16.1 Å². The van der Waals surface area contributed by atoms with Gasteiger partial charge in [-0.1, -0.05) is 23.2 Å². The molecule has 1 fully saturated rings. The van der Waals surface area contributed by atoms with Crippen molar-refractivity contribution in [2.45, 2.75) is 19.3 Å². The fraction of sp³-hybridized carbons (Fsp3) is 0.500. The summed E-state index contributed by atoms with van der Waals surface area (Å²) in [6.45, 7) is 0. The molecule has 1 aliphatic rings. The minimum atomic E-state index is 0.469. The standard InChI is InChI=1S/C8H7Cl2IN2/c9-7-6(11)8(10)13-5(12-7)3-4-1-2-4/h4H,1-3H2. The van der Waals surface area contributed by atoms with E-state index in [2.05, 4.69) is 9.97 Å². The highest BCUT2D eigenvalue weighted by molar-refractivity contribution is 14.1. The van der Waals surface area contributed by atoms with Crippen molar-refractivity contribution in [3.05, 3.63) is 19.7 Å². The van der Waals surface area contributed by atoms with Gasteiger partial charge in [-0.25, -0.2) is 9.97 Å². The molecule has 1 aromatic heterocycles. The van der Waals surface area contributed by atoms with E-state index in [9.17, 15) is 0 Å². The molecule has 0 spiro atoms. The molecular weight excluding hydrogens is 322 g/mol. The van der Waals surface area contributed by atoms with Crippen molar-refractivity contribution in [1.29, 1.82) is 0 Å². The van der Waals surface area contributed by atoms with E-state index in [1.54, 1.807) is 0 Å². The first kappa shape index (κ1) is 9.93. The fourth-order valence-corrected chi connectivity index (χ4v) is 1.77. The molecule has 1 aliphatic carbocycles. The molecule has 13 heavy (non-hydrogen) atoms. The quantitative estimate of drug-likeness (QED) is 0.614. The maximum Gasteiger partial charge on any atom is 0.147 e. The van der Waals surface area contributed by atoms with Crippen molar-refractivity contribution in [3.8, 4) is 0 Å². The molecule has 2 rings (SSSR count). The molecule has 0 saturated heterocycles. The molecule has 0 atom stereocenters. The van der Waals surface area contributed by atoms with Crippen LogP contribution in [0.1, 0.15) is 18.7 Å². The highest BCUT2D eigenvalue weighted by Gasteiger charge is 2.23. The zero-order chi connectivity index (χ0) is 9.42. The molecule has 0 unspecified atom stereocenters. The Morgan fingerprint density at radius 3 is 2.23 bits per heavy atom. The average Bonchev–Trinajstić information content (AvgIpc) is 2.84. The third-order valence-corrected chi connectivity index (χ3v) is 4.19. The second-order valence-corrected chi connectivity index (χ2v) is 4.98. The molecule has 1 heterocycles. The summed E-state index contributed by atoms with van der Waals surface area (Å²) in [5.74, 6) is 1.53. The molecule has 2 nitrogen and oxygen atoms in total. The lowest BCUT2D eigenvalue weighted by molar-refractivity contribution is 0.768. The van der Waals surface area contributed by atoms with Gasteiger partial charge in [0.05, 0.1) is 3.57 Å². The predicted octanol–water partition coefficient (Wildman–Crippen LogP) is 3.34. The van der Waals surface area contributed by atoms with E-state index in [0.29, 0.717) is 10.3 Å². The maximum absolute atomic E-state index is 5.88. The summed E-state index contributed by atoms with van der Waals surface area (Å²) in [4.78, 5) is 8.35. The number of nitrogens with zero attached hydrogens (tertiary/aromatic N) is 2. The van der Waals surface area contributed by atoms with E-state index in [1.807, 2.05) is 22.6 Å². The van der Waals surface area contributed by atoms with Crippen LogP contribution in [0.25, 0.3) is 0 Å². The van der Waals surface area contributed by atoms with Crippen molar-refractivity contribution in [1.82, 2.24) is 9.97 Å². The third-order valence-electron chi connectivity index (χ3n) is 1.98. The molecule has 1 saturated carbocycles. The average molecular weight is 329 g/mol. The summed E-state index contributed by atoms with van der Waals surface area (Å²) in [5.41, 5.74) is 0. The lowest BCUT2D eigenvalue weighted by Gasteiger charge is -2.02. The number of aromatic nitrogens is 2. The minimum absolute atomic E-state index is 0.469. The zero-order valence-corrected chi connectivity index (χ0v) is 10.4. The van der Waals surface area contributed by atoms with Crippen LogP contribution in [0.4, 0.5) is 0 Å². The normalized spacial score (nSPS) is 16.2. The lowest BCUT2D eigenvalue weighted by atomic mass is 10.3. The van der Waals surface area contributed by atoms with E-state index in [0.717, 1.165) is 21.7 Å². The van der Waals surface area contributed by atoms with E-state index >= 15 is 0 Å². The minimum Gasteiger partial charge on any atom is -0.220 e. The smallest absolute Gasteiger partial charge is 0.147 e. The summed E-state index contributed by atoms with van der Waals surface area (Å²) < 4.78 is 0.737. The van der Waals surface area contributed by atoms with Gasteiger partial charge in [-0.05, 0) is 41.4 Å². The van der Waals surface area contributed by atoms with Gasteiger partial charge in [0, 0.05) is 6.42 Å². The van der Waals surface area contributed by atoms with Crippen LogP contribution in [0.2, 0.25) is 10.3 Å². The Kier molecular flexibility index (Phi) is 2.95. The Morgan fingerprint density at radius 1 is 1.23 bits per heavy atom. The molecule has 0 amide bonds. The van der Waals surface area contributed by atoms with E-state index < -0.39 is 0 Å². The van der Waals surface area contributed by atoms with Crippen molar-refractivity contribution in [2.24, 2.45) is 5.92 Å². The Hall–Kier alpha value is 0.390. The molecule has 5 heteroatoms. The van der Waals surface area contributed by atoms with Crippen LogP contribution in [0.15, 0.2) is 0 Å². The van der Waals surface area contributed by atoms with Gasteiger partial charge in [0.2, 0.25) is 0 Å². The van der Waals surface area contributed by atoms with Crippen LogP contribution < -0.4 is 0 Å². The van der Waals surface area contributed by atoms with Crippen molar-refractivity contribution >= 4 is 45.8 Å². The molecule has 0 N–H and O–H groups in total. The fourth-order valence-electron chi connectivity index (χ4n) is 1.11. The van der Waals surface area contributed by atoms with E-state index in [1.165, 1.54) is 12.8 Å². The molecule has 0 radical (unpaired) electrons. The molecule has 0 bridgehead atoms. The summed E-state index contributed by atoms with van der Waals surface area (Å²) in [6.07, 6.45) is 3.48. The van der Waals surface area contributed by atoms with Crippen molar-refractivity contribution < 1.29 is 0 Å². The first-order valence-corrected chi connectivity index (χ1v) is 5.87. The summed E-state index contributed by atoms with van der Waals surface area (Å²) in [7, 11) is 0. The van der Waals surface area contributed by atoms with Crippen LogP contribution in [-0.2, 0) is 6.42 Å². The molecule has 1 aromatic rings. The third kappa shape index (κ3) is 2.44. The largest absolute Gasteiger partial charge is 0.220 e. The second kappa shape index (κ2) is 3.87. The lowest BCUT2D eigenvalue weighted by Crippen LogP contribution is -1.99. The number of rotatable bonds is 2. The van der Waals surface area contributed by atoms with Crippen LogP contribution >= 0.6 is 45.8 Å². The summed E-state index contributed by atoms with van der Waals surface area (Å²) in [6, 6.07) is 0. The highest BCUT2D eigenvalue weighted by atomic mass is 127. The van der Waals surface area contributed by atoms with Crippen molar-refractivity contribution in [2.75, 3.05) is 0 Å². The van der Waals surface area contributed by atoms with Crippen LogP contribution in [0.5, 0.6) is 0 Å². The Labute approximate surface area is 100 Å². The Balaban J connectivity index is 2.25. The predicted molar refractivity (Wildman–Crippen MR) is 61.2 cm³/mol. The maximum atomic E-state index is 5.88. The zero-order valence-electron chi connectivity index (χ0n) is 6.73. The van der Waals surface area contributed by atoms with E-state index in [4.69, 9.17) is 23.2 Å². The first-order valence-electron chi connectivity index (χ1n) is 4.04. The second-order valence-electron chi connectivity index (χ2n) is 3.18. The SMILES string of the molecule is Clc1nc(CC2CC2)nc(Cl)c1I. The summed E-state index contributed by atoms with van der Waals surface area (Å²) in [5, 5.41) is 0.938. The number of halogens is 3. The van der Waals surface area contributed by atoms with Gasteiger partial charge < -0.3 is 0 Å². The molecular formula is C8H7Cl2IN2. The molecule has 0 aromatic carbocycles. The monoisotopic (exact) mass is 328 g/mol. The van der Waals surface area contributed by atoms with Gasteiger partial charge in [-0.2, -0.15) is 0 Å². The number of hydrogen-bond donors (Lipinski definition) is 0. The van der Waals surface area contributed by atoms with Gasteiger partial charge in [-0.15, -0.1) is 0 Å². The molecule has 70 valence electrons. The topological polar surface area (TPSA) is 25.8 Å². The first-order chi connectivity index (χ1) is 6.16. The Morgan fingerprint density at radius 2 is 1.77 bits per heavy atom.